The molecule has 0 radical (unpaired) electrons. The molecule has 0 aromatic rings. The fourth-order valence-electron chi connectivity index (χ4n) is 4.78. The largest absolute Gasteiger partial charge is 0.376 e. The van der Waals surface area contributed by atoms with Crippen LogP contribution in [0, 0.1) is 5.92 Å². The molecule has 1 saturated carbocycles. The zero-order valence-corrected chi connectivity index (χ0v) is 15.5. The highest BCUT2D eigenvalue weighted by molar-refractivity contribution is 5.01. The Hall–Kier alpha value is -0.280. The topological polar surface area (TPSA) is 75.8 Å². The highest BCUT2D eigenvalue weighted by Crippen LogP contribution is 2.34. The third-order valence-electron chi connectivity index (χ3n) is 6.18. The number of hydrogen-bond donors (Lipinski definition) is 4. The van der Waals surface area contributed by atoms with Crippen LogP contribution in [0.1, 0.15) is 46.0 Å². The summed E-state index contributed by atoms with van der Waals surface area (Å²) in [6.07, 6.45) is 6.14. The van der Waals surface area contributed by atoms with Crippen molar-refractivity contribution in [3.05, 3.63) is 0 Å². The lowest BCUT2D eigenvalue weighted by molar-refractivity contribution is -0.0782. The third-order valence-corrected chi connectivity index (χ3v) is 6.18. The van der Waals surface area contributed by atoms with E-state index in [2.05, 4.69) is 35.3 Å². The summed E-state index contributed by atoms with van der Waals surface area (Å²) < 4.78 is 18.3. The average Bonchev–Trinajstić information content (AvgIpc) is 3.03. The van der Waals surface area contributed by atoms with Gasteiger partial charge in [0.15, 0.2) is 6.35 Å². The summed E-state index contributed by atoms with van der Waals surface area (Å²) >= 11 is 0. The molecule has 3 aliphatic heterocycles. The molecule has 0 spiro atoms. The SMILES string of the molecule is C[C@H]1COC2NCCC(N2)C2NNC3CCC(CC32)O[C@@H](C)CCO1. The van der Waals surface area contributed by atoms with Gasteiger partial charge in [-0.05, 0) is 51.9 Å². The molecule has 0 amide bonds. The van der Waals surface area contributed by atoms with Gasteiger partial charge in [0, 0.05) is 31.3 Å². The van der Waals surface area contributed by atoms with Crippen LogP contribution in [-0.2, 0) is 14.2 Å². The van der Waals surface area contributed by atoms with Crippen molar-refractivity contribution >= 4 is 0 Å². The van der Waals surface area contributed by atoms with Crippen molar-refractivity contribution in [3.8, 4) is 0 Å². The van der Waals surface area contributed by atoms with Crippen molar-refractivity contribution in [2.75, 3.05) is 19.8 Å². The van der Waals surface area contributed by atoms with Gasteiger partial charge in [0.25, 0.3) is 0 Å². The van der Waals surface area contributed by atoms with Crippen molar-refractivity contribution in [2.45, 2.75) is 88.7 Å². The summed E-state index contributed by atoms with van der Waals surface area (Å²) in [4.78, 5) is 0. The Morgan fingerprint density at radius 3 is 2.72 bits per heavy atom. The second-order valence-corrected chi connectivity index (χ2v) is 8.17. The third kappa shape index (κ3) is 4.35. The van der Waals surface area contributed by atoms with Crippen LogP contribution in [0.5, 0.6) is 0 Å². The van der Waals surface area contributed by atoms with Gasteiger partial charge in [-0.25, -0.2) is 0 Å². The van der Waals surface area contributed by atoms with E-state index in [1.807, 2.05) is 0 Å². The number of hydrazine groups is 1. The highest BCUT2D eigenvalue weighted by atomic mass is 16.6. The lowest BCUT2D eigenvalue weighted by Crippen LogP contribution is -2.62. The molecule has 8 atom stereocenters. The van der Waals surface area contributed by atoms with E-state index in [0.29, 0.717) is 36.8 Å². The first-order chi connectivity index (χ1) is 12.2. The van der Waals surface area contributed by atoms with Crippen molar-refractivity contribution in [3.63, 3.8) is 0 Å². The molecule has 25 heavy (non-hydrogen) atoms. The van der Waals surface area contributed by atoms with Gasteiger partial charge in [0.1, 0.15) is 0 Å². The molecular weight excluding hydrogens is 320 g/mol. The normalized spacial score (nSPS) is 49.2. The van der Waals surface area contributed by atoms with E-state index in [1.165, 1.54) is 6.42 Å². The van der Waals surface area contributed by atoms with Gasteiger partial charge in [-0.3, -0.25) is 21.5 Å². The predicted octanol–water partition coefficient (Wildman–Crippen LogP) is 0.466. The quantitative estimate of drug-likeness (QED) is 0.504. The Labute approximate surface area is 150 Å². The van der Waals surface area contributed by atoms with E-state index in [-0.39, 0.29) is 18.6 Å². The van der Waals surface area contributed by atoms with Gasteiger partial charge in [0.05, 0.1) is 24.9 Å². The number of fused-ring (bicyclic) bond motifs is 4. The minimum absolute atomic E-state index is 0.0923. The van der Waals surface area contributed by atoms with Gasteiger partial charge in [-0.1, -0.05) is 0 Å². The molecule has 4 fully saturated rings. The van der Waals surface area contributed by atoms with E-state index in [1.54, 1.807) is 0 Å². The summed E-state index contributed by atoms with van der Waals surface area (Å²) in [7, 11) is 0. The molecule has 3 heterocycles. The van der Waals surface area contributed by atoms with Gasteiger partial charge >= 0.3 is 0 Å². The van der Waals surface area contributed by atoms with E-state index in [0.717, 1.165) is 38.8 Å². The van der Waals surface area contributed by atoms with Crippen LogP contribution in [0.15, 0.2) is 0 Å². The summed E-state index contributed by atoms with van der Waals surface area (Å²) in [5.41, 5.74) is 7.12. The summed E-state index contributed by atoms with van der Waals surface area (Å²) in [5.74, 6) is 0.613. The first-order valence-electron chi connectivity index (χ1n) is 10.1. The fourth-order valence-corrected chi connectivity index (χ4v) is 4.78. The Morgan fingerprint density at radius 2 is 1.80 bits per heavy atom. The Balaban J connectivity index is 1.47. The van der Waals surface area contributed by atoms with Crippen molar-refractivity contribution in [2.24, 2.45) is 5.92 Å². The van der Waals surface area contributed by atoms with E-state index in [4.69, 9.17) is 14.2 Å². The maximum absolute atomic E-state index is 6.36. The fraction of sp³-hybridized carbons (Fsp3) is 1.00. The molecule has 1 aliphatic carbocycles. The monoisotopic (exact) mass is 354 g/mol. The standard InChI is InChI=1S/C18H34N4O3/c1-11-6-8-23-12(2)10-24-18-19-7-5-16(20-18)17-14-9-13(25-11)3-4-15(14)21-22-17/h11-22H,3-10H2,1-2H3/t11-,12-,13?,14?,15?,16?,17?,18?/m0/s1. The lowest BCUT2D eigenvalue weighted by atomic mass is 9.77. The minimum atomic E-state index is -0.0923. The molecule has 7 nitrogen and oxygen atoms in total. The Kier molecular flexibility index (Phi) is 5.91. The zero-order chi connectivity index (χ0) is 17.2. The van der Waals surface area contributed by atoms with Crippen LogP contribution in [0.4, 0.5) is 0 Å². The lowest BCUT2D eigenvalue weighted by Gasteiger charge is -2.40. The summed E-state index contributed by atoms with van der Waals surface area (Å²) in [6, 6.07) is 1.40. The average molecular weight is 354 g/mol. The predicted molar refractivity (Wildman–Crippen MR) is 94.8 cm³/mol. The maximum atomic E-state index is 6.36. The molecule has 3 saturated heterocycles. The number of nitrogens with one attached hydrogen (secondary N) is 4. The molecule has 144 valence electrons. The van der Waals surface area contributed by atoms with E-state index < -0.39 is 0 Å². The van der Waals surface area contributed by atoms with Crippen molar-refractivity contribution in [1.82, 2.24) is 21.5 Å². The molecule has 0 aromatic carbocycles. The minimum Gasteiger partial charge on any atom is -0.376 e. The second-order valence-electron chi connectivity index (χ2n) is 8.17. The van der Waals surface area contributed by atoms with E-state index in [9.17, 15) is 0 Å². The molecule has 0 aromatic heterocycles. The molecule has 6 unspecified atom stereocenters. The summed E-state index contributed by atoms with van der Waals surface area (Å²) in [6.45, 7) is 6.55. The Morgan fingerprint density at radius 1 is 0.880 bits per heavy atom. The van der Waals surface area contributed by atoms with Crippen molar-refractivity contribution < 1.29 is 14.2 Å². The first-order valence-corrected chi connectivity index (χ1v) is 10.1. The maximum Gasteiger partial charge on any atom is 0.163 e. The molecule has 7 heteroatoms. The van der Waals surface area contributed by atoms with Gasteiger partial charge in [0.2, 0.25) is 0 Å². The molecule has 4 N–H and O–H groups in total. The van der Waals surface area contributed by atoms with Crippen LogP contribution in [0.25, 0.3) is 0 Å². The number of hydrogen-bond acceptors (Lipinski definition) is 7. The van der Waals surface area contributed by atoms with Gasteiger partial charge < -0.3 is 14.2 Å². The van der Waals surface area contributed by atoms with Crippen LogP contribution in [0.3, 0.4) is 0 Å². The molecule has 4 aliphatic rings. The molecule has 4 bridgehead atoms. The van der Waals surface area contributed by atoms with Gasteiger partial charge in [-0.2, -0.15) is 0 Å². The van der Waals surface area contributed by atoms with Crippen molar-refractivity contribution in [1.29, 1.82) is 0 Å². The number of rotatable bonds is 0. The van der Waals surface area contributed by atoms with E-state index >= 15 is 0 Å². The zero-order valence-electron chi connectivity index (χ0n) is 15.5. The first kappa shape index (κ1) is 18.1. The van der Waals surface area contributed by atoms with Gasteiger partial charge in [-0.15, -0.1) is 0 Å². The van der Waals surface area contributed by atoms with Crippen LogP contribution in [-0.4, -0.2) is 62.5 Å². The van der Waals surface area contributed by atoms with Crippen LogP contribution < -0.4 is 21.5 Å². The van der Waals surface area contributed by atoms with Crippen LogP contribution >= 0.6 is 0 Å². The number of ether oxygens (including phenoxy) is 3. The highest BCUT2D eigenvalue weighted by Gasteiger charge is 2.45. The molecular formula is C18H34N4O3. The molecule has 4 rings (SSSR count). The van der Waals surface area contributed by atoms with Crippen LogP contribution in [0.2, 0.25) is 0 Å². The Bertz CT molecular complexity index is 441. The smallest absolute Gasteiger partial charge is 0.163 e. The summed E-state index contributed by atoms with van der Waals surface area (Å²) in [5, 5.41) is 7.07. The second kappa shape index (κ2) is 8.17.